The molecule has 0 aliphatic heterocycles. The number of benzene rings is 1. The highest BCUT2D eigenvalue weighted by molar-refractivity contribution is 5.90. The Morgan fingerprint density at radius 2 is 2.09 bits per heavy atom. The molecule has 118 valence electrons. The topological polar surface area (TPSA) is 94.2 Å². The van der Waals surface area contributed by atoms with Gasteiger partial charge in [0.15, 0.2) is 12.4 Å². The minimum absolute atomic E-state index is 0.105. The number of hydrogen-bond acceptors (Lipinski definition) is 6. The molecular formula is C15H12FN3O4. The van der Waals surface area contributed by atoms with Gasteiger partial charge in [-0.15, -0.1) is 0 Å². The van der Waals surface area contributed by atoms with E-state index < -0.39 is 17.3 Å². The van der Waals surface area contributed by atoms with Gasteiger partial charge in [0, 0.05) is 0 Å². The monoisotopic (exact) mass is 317 g/mol. The van der Waals surface area contributed by atoms with Crippen LogP contribution < -0.4 is 10.3 Å². The van der Waals surface area contributed by atoms with Gasteiger partial charge < -0.3 is 9.47 Å². The van der Waals surface area contributed by atoms with Gasteiger partial charge in [-0.05, 0) is 31.2 Å². The molecule has 0 radical (unpaired) electrons. The maximum absolute atomic E-state index is 13.0. The highest BCUT2D eigenvalue weighted by atomic mass is 19.1. The van der Waals surface area contributed by atoms with E-state index in [0.29, 0.717) is 0 Å². The predicted molar refractivity (Wildman–Crippen MR) is 76.9 cm³/mol. The zero-order valence-corrected chi connectivity index (χ0v) is 12.2. The van der Waals surface area contributed by atoms with Crippen molar-refractivity contribution in [3.8, 4) is 17.5 Å². The third-order valence-corrected chi connectivity index (χ3v) is 2.73. The van der Waals surface area contributed by atoms with Crippen molar-refractivity contribution in [1.82, 2.24) is 9.78 Å². The summed E-state index contributed by atoms with van der Waals surface area (Å²) in [4.78, 5) is 24.1. The largest absolute Gasteiger partial charge is 0.476 e. The van der Waals surface area contributed by atoms with E-state index in [4.69, 9.17) is 14.7 Å². The highest BCUT2D eigenvalue weighted by Crippen LogP contribution is 2.16. The molecule has 0 aliphatic carbocycles. The van der Waals surface area contributed by atoms with Gasteiger partial charge in [0.1, 0.15) is 11.9 Å². The molecule has 1 aromatic carbocycles. The van der Waals surface area contributed by atoms with Crippen LogP contribution in [0.5, 0.6) is 5.75 Å². The highest BCUT2D eigenvalue weighted by Gasteiger charge is 2.19. The molecule has 7 nitrogen and oxygen atoms in total. The van der Waals surface area contributed by atoms with Gasteiger partial charge >= 0.3 is 5.97 Å². The zero-order chi connectivity index (χ0) is 16.8. The Kier molecular flexibility index (Phi) is 5.04. The molecule has 0 atom stereocenters. The lowest BCUT2D eigenvalue weighted by atomic mass is 10.3. The van der Waals surface area contributed by atoms with Gasteiger partial charge in [0.25, 0.3) is 5.56 Å². The van der Waals surface area contributed by atoms with E-state index in [1.165, 1.54) is 12.1 Å². The molecule has 0 N–H and O–H groups in total. The molecule has 2 rings (SSSR count). The molecule has 0 bridgehead atoms. The molecule has 0 unspecified atom stereocenters. The Morgan fingerprint density at radius 3 is 2.70 bits per heavy atom. The fraction of sp³-hybridized carbons (Fsp3) is 0.200. The molecule has 0 fully saturated rings. The number of carbonyl (C=O) groups is 1. The number of nitriles is 1. The molecule has 0 amide bonds. The van der Waals surface area contributed by atoms with E-state index in [0.717, 1.165) is 22.9 Å². The maximum Gasteiger partial charge on any atom is 0.362 e. The Morgan fingerprint density at radius 1 is 1.39 bits per heavy atom. The lowest BCUT2D eigenvalue weighted by molar-refractivity contribution is 0.0512. The minimum Gasteiger partial charge on any atom is -0.476 e. The average molecular weight is 317 g/mol. The molecular weight excluding hydrogens is 305 g/mol. The van der Waals surface area contributed by atoms with Crippen molar-refractivity contribution < 1.29 is 18.7 Å². The Hall–Kier alpha value is -3.21. The second-order valence-corrected chi connectivity index (χ2v) is 4.25. The molecule has 8 heteroatoms. The van der Waals surface area contributed by atoms with Gasteiger partial charge in [-0.3, -0.25) is 4.79 Å². The number of halogens is 1. The summed E-state index contributed by atoms with van der Waals surface area (Å²) in [5.41, 5.74) is -0.572. The number of aromatic nitrogens is 2. The third kappa shape index (κ3) is 3.71. The van der Waals surface area contributed by atoms with Crippen LogP contribution in [0.15, 0.2) is 35.1 Å². The molecule has 2 aromatic rings. The van der Waals surface area contributed by atoms with Crippen molar-refractivity contribution in [3.63, 3.8) is 0 Å². The Balaban J connectivity index is 2.54. The standard InChI is InChI=1S/C15H12FN3O4/c1-2-22-15(21)14-12(23-8-7-17)9-13(20)19(18-14)11-5-3-10(16)4-6-11/h3-6,9H,2,8H2,1H3. The van der Waals surface area contributed by atoms with Gasteiger partial charge in [-0.1, -0.05) is 0 Å². The smallest absolute Gasteiger partial charge is 0.362 e. The zero-order valence-electron chi connectivity index (χ0n) is 12.2. The van der Waals surface area contributed by atoms with Crippen LogP contribution >= 0.6 is 0 Å². The van der Waals surface area contributed by atoms with Crippen molar-refractivity contribution in [3.05, 3.63) is 52.2 Å². The van der Waals surface area contributed by atoms with Crippen LogP contribution in [0.3, 0.4) is 0 Å². The SMILES string of the molecule is CCOC(=O)c1nn(-c2ccc(F)cc2)c(=O)cc1OCC#N. The van der Waals surface area contributed by atoms with Crippen molar-refractivity contribution in [2.45, 2.75) is 6.92 Å². The summed E-state index contributed by atoms with van der Waals surface area (Å²) in [5, 5.41) is 12.5. The van der Waals surface area contributed by atoms with Gasteiger partial charge in [0.2, 0.25) is 5.69 Å². The van der Waals surface area contributed by atoms with Crippen molar-refractivity contribution in [1.29, 1.82) is 5.26 Å². The Bertz CT molecular complexity index is 809. The van der Waals surface area contributed by atoms with Crippen LogP contribution in [0.4, 0.5) is 4.39 Å². The molecule has 0 spiro atoms. The number of nitrogens with zero attached hydrogens (tertiary/aromatic N) is 3. The van der Waals surface area contributed by atoms with Gasteiger partial charge in [-0.25, -0.2) is 9.18 Å². The Labute approximate surface area is 130 Å². The van der Waals surface area contributed by atoms with E-state index in [-0.39, 0.29) is 30.3 Å². The number of ether oxygens (including phenoxy) is 2. The number of rotatable bonds is 5. The van der Waals surface area contributed by atoms with Gasteiger partial charge in [-0.2, -0.15) is 15.0 Å². The lowest BCUT2D eigenvalue weighted by Gasteiger charge is -2.11. The summed E-state index contributed by atoms with van der Waals surface area (Å²) in [5.74, 6) is -1.41. The summed E-state index contributed by atoms with van der Waals surface area (Å²) >= 11 is 0. The quantitative estimate of drug-likeness (QED) is 0.775. The molecule has 1 heterocycles. The number of hydrogen-bond donors (Lipinski definition) is 0. The first-order valence-electron chi connectivity index (χ1n) is 6.64. The molecule has 1 aromatic heterocycles. The van der Waals surface area contributed by atoms with Crippen LogP contribution in [0, 0.1) is 17.1 Å². The van der Waals surface area contributed by atoms with Crippen LogP contribution in [-0.4, -0.2) is 29.0 Å². The molecule has 0 saturated heterocycles. The molecule has 23 heavy (non-hydrogen) atoms. The lowest BCUT2D eigenvalue weighted by Crippen LogP contribution is -2.25. The van der Waals surface area contributed by atoms with E-state index >= 15 is 0 Å². The van der Waals surface area contributed by atoms with Crippen LogP contribution in [0.25, 0.3) is 5.69 Å². The maximum atomic E-state index is 13.0. The van der Waals surface area contributed by atoms with Crippen molar-refractivity contribution in [2.24, 2.45) is 0 Å². The summed E-state index contributed by atoms with van der Waals surface area (Å²) in [6, 6.07) is 7.77. The molecule has 0 aliphatic rings. The fourth-order valence-electron chi connectivity index (χ4n) is 1.77. The first-order chi connectivity index (χ1) is 11.1. The second-order valence-electron chi connectivity index (χ2n) is 4.25. The molecule has 0 saturated carbocycles. The van der Waals surface area contributed by atoms with Crippen molar-refractivity contribution >= 4 is 5.97 Å². The van der Waals surface area contributed by atoms with E-state index in [1.807, 2.05) is 0 Å². The summed E-state index contributed by atoms with van der Waals surface area (Å²) in [6.45, 7) is 1.37. The van der Waals surface area contributed by atoms with Crippen molar-refractivity contribution in [2.75, 3.05) is 13.2 Å². The fourth-order valence-corrected chi connectivity index (χ4v) is 1.77. The number of esters is 1. The predicted octanol–water partition coefficient (Wildman–Crippen LogP) is 1.45. The summed E-state index contributed by atoms with van der Waals surface area (Å²) < 4.78 is 23.8. The third-order valence-electron chi connectivity index (χ3n) is 2.73. The first-order valence-corrected chi connectivity index (χ1v) is 6.64. The average Bonchev–Trinajstić information content (AvgIpc) is 2.54. The van der Waals surface area contributed by atoms with E-state index in [1.54, 1.807) is 13.0 Å². The summed E-state index contributed by atoms with van der Waals surface area (Å²) in [7, 11) is 0. The van der Waals surface area contributed by atoms with Crippen LogP contribution in [-0.2, 0) is 4.74 Å². The van der Waals surface area contributed by atoms with E-state index in [9.17, 15) is 14.0 Å². The van der Waals surface area contributed by atoms with Crippen LogP contribution in [0.2, 0.25) is 0 Å². The minimum atomic E-state index is -0.795. The summed E-state index contributed by atoms with van der Waals surface area (Å²) in [6.07, 6.45) is 0. The van der Waals surface area contributed by atoms with Crippen LogP contribution in [0.1, 0.15) is 17.4 Å². The number of carbonyl (C=O) groups excluding carboxylic acids is 1. The van der Waals surface area contributed by atoms with E-state index in [2.05, 4.69) is 5.10 Å². The normalized spacial score (nSPS) is 9.96. The first kappa shape index (κ1) is 16.2. The second kappa shape index (κ2) is 7.17. The van der Waals surface area contributed by atoms with Gasteiger partial charge in [0.05, 0.1) is 18.4 Å².